The first-order chi connectivity index (χ1) is 10.6. The molecule has 2 amide bonds. The summed E-state index contributed by atoms with van der Waals surface area (Å²) in [7, 11) is 0. The van der Waals surface area contributed by atoms with Crippen LogP contribution in [0.5, 0.6) is 0 Å². The maximum atomic E-state index is 11.8. The average Bonchev–Trinajstić information content (AvgIpc) is 2.51. The molecule has 0 radical (unpaired) electrons. The quantitative estimate of drug-likeness (QED) is 0.343. The third-order valence-electron chi connectivity index (χ3n) is 2.58. The van der Waals surface area contributed by atoms with Crippen LogP contribution in [0.3, 0.4) is 0 Å². The Morgan fingerprint density at radius 3 is 1.82 bits per heavy atom. The standard InChI is InChI=1S/C15H10IN3O2S/c16-10-1-3-11(4-2-10)18-14(20)15(21)19-12-5-7-13(8-6-12)22-9-17/h1-8H,(H,18,20)(H,19,21). The van der Waals surface area contributed by atoms with Crippen molar-refractivity contribution in [3.05, 3.63) is 52.1 Å². The highest BCUT2D eigenvalue weighted by atomic mass is 127. The molecular weight excluding hydrogens is 413 g/mol. The van der Waals surface area contributed by atoms with Gasteiger partial charge < -0.3 is 10.6 Å². The lowest BCUT2D eigenvalue weighted by atomic mass is 10.3. The van der Waals surface area contributed by atoms with Gasteiger partial charge in [0.25, 0.3) is 0 Å². The molecule has 0 fully saturated rings. The van der Waals surface area contributed by atoms with Crippen LogP contribution in [0.1, 0.15) is 0 Å². The molecule has 0 aliphatic rings. The Balaban J connectivity index is 1.95. The van der Waals surface area contributed by atoms with Crippen LogP contribution in [0.15, 0.2) is 53.4 Å². The molecule has 0 heterocycles. The van der Waals surface area contributed by atoms with Crippen LogP contribution < -0.4 is 10.6 Å². The van der Waals surface area contributed by atoms with Crippen LogP contribution in [0.4, 0.5) is 11.4 Å². The van der Waals surface area contributed by atoms with Crippen LogP contribution in [0.2, 0.25) is 0 Å². The van der Waals surface area contributed by atoms with E-state index in [1.54, 1.807) is 36.4 Å². The number of nitriles is 1. The van der Waals surface area contributed by atoms with E-state index in [1.165, 1.54) is 0 Å². The fourth-order valence-corrected chi connectivity index (χ4v) is 2.31. The van der Waals surface area contributed by atoms with Crippen molar-refractivity contribution in [1.82, 2.24) is 0 Å². The molecule has 0 saturated carbocycles. The molecule has 2 N–H and O–H groups in total. The van der Waals surface area contributed by atoms with Crippen LogP contribution in [0.25, 0.3) is 0 Å². The van der Waals surface area contributed by atoms with Crippen molar-refractivity contribution < 1.29 is 9.59 Å². The maximum absolute atomic E-state index is 11.8. The molecule has 2 aromatic carbocycles. The molecule has 0 aliphatic heterocycles. The Kier molecular flexibility index (Phi) is 5.80. The van der Waals surface area contributed by atoms with Crippen molar-refractivity contribution in [1.29, 1.82) is 5.26 Å². The van der Waals surface area contributed by atoms with Crippen LogP contribution in [0, 0.1) is 14.2 Å². The molecule has 0 spiro atoms. The first-order valence-corrected chi connectivity index (χ1v) is 8.02. The lowest BCUT2D eigenvalue weighted by molar-refractivity contribution is -0.132. The Morgan fingerprint density at radius 1 is 0.909 bits per heavy atom. The summed E-state index contributed by atoms with van der Waals surface area (Å²) in [6.07, 6.45) is 0. The summed E-state index contributed by atoms with van der Waals surface area (Å²) in [4.78, 5) is 24.4. The normalized spacial score (nSPS) is 9.64. The Morgan fingerprint density at radius 2 is 1.36 bits per heavy atom. The summed E-state index contributed by atoms with van der Waals surface area (Å²) in [5, 5.41) is 15.5. The van der Waals surface area contributed by atoms with Gasteiger partial charge in [-0.25, -0.2) is 0 Å². The summed E-state index contributed by atoms with van der Waals surface area (Å²) in [6, 6.07) is 13.8. The number of thiocyanates is 1. The summed E-state index contributed by atoms with van der Waals surface area (Å²) in [6.45, 7) is 0. The van der Waals surface area contributed by atoms with Crippen LogP contribution in [-0.4, -0.2) is 11.8 Å². The molecule has 7 heteroatoms. The molecular formula is C15H10IN3O2S. The van der Waals surface area contributed by atoms with Gasteiger partial charge in [0.05, 0.1) is 0 Å². The minimum atomic E-state index is -0.751. The number of anilines is 2. The largest absolute Gasteiger partial charge is 0.318 e. The van der Waals surface area contributed by atoms with E-state index < -0.39 is 11.8 Å². The minimum Gasteiger partial charge on any atom is -0.318 e. The highest BCUT2D eigenvalue weighted by molar-refractivity contribution is 14.1. The first kappa shape index (κ1) is 16.3. The van der Waals surface area contributed by atoms with Gasteiger partial charge in [-0.3, -0.25) is 9.59 Å². The number of hydrogen-bond donors (Lipinski definition) is 2. The van der Waals surface area contributed by atoms with Gasteiger partial charge in [0.15, 0.2) is 0 Å². The lowest BCUT2D eigenvalue weighted by Crippen LogP contribution is -2.29. The molecule has 2 aromatic rings. The molecule has 22 heavy (non-hydrogen) atoms. The van der Waals surface area contributed by atoms with Gasteiger partial charge in [-0.15, -0.1) is 0 Å². The molecule has 0 aliphatic carbocycles. The number of halogens is 1. The predicted molar refractivity (Wildman–Crippen MR) is 94.3 cm³/mol. The van der Waals surface area contributed by atoms with E-state index in [-0.39, 0.29) is 0 Å². The van der Waals surface area contributed by atoms with Crippen molar-refractivity contribution in [2.75, 3.05) is 10.6 Å². The van der Waals surface area contributed by atoms with Gasteiger partial charge in [0, 0.05) is 19.8 Å². The molecule has 0 saturated heterocycles. The molecule has 0 unspecified atom stereocenters. The number of carbonyl (C=O) groups excluding carboxylic acids is 2. The number of carbonyl (C=O) groups is 2. The van der Waals surface area contributed by atoms with Gasteiger partial charge in [-0.05, 0) is 82.9 Å². The summed E-state index contributed by atoms with van der Waals surface area (Å²) in [5.41, 5.74) is 1.05. The minimum absolute atomic E-state index is 0.491. The molecule has 0 bridgehead atoms. The number of rotatable bonds is 3. The second kappa shape index (κ2) is 7.82. The Bertz CT molecular complexity index is 724. The van der Waals surface area contributed by atoms with E-state index >= 15 is 0 Å². The van der Waals surface area contributed by atoms with Crippen molar-refractivity contribution in [2.24, 2.45) is 0 Å². The number of nitrogens with zero attached hydrogens (tertiary/aromatic N) is 1. The summed E-state index contributed by atoms with van der Waals surface area (Å²) >= 11 is 3.18. The fourth-order valence-electron chi connectivity index (χ4n) is 1.57. The zero-order valence-corrected chi connectivity index (χ0v) is 14.1. The fraction of sp³-hybridized carbons (Fsp3) is 0. The SMILES string of the molecule is N#CSc1ccc(NC(=O)C(=O)Nc2ccc(I)cc2)cc1. The van der Waals surface area contributed by atoms with Crippen molar-refractivity contribution in [2.45, 2.75) is 4.90 Å². The molecule has 2 rings (SSSR count). The van der Waals surface area contributed by atoms with Gasteiger partial charge in [-0.1, -0.05) is 0 Å². The average molecular weight is 423 g/mol. The van der Waals surface area contributed by atoms with E-state index in [1.807, 2.05) is 17.5 Å². The number of nitrogens with one attached hydrogen (secondary N) is 2. The molecule has 5 nitrogen and oxygen atoms in total. The highest BCUT2D eigenvalue weighted by Crippen LogP contribution is 2.19. The van der Waals surface area contributed by atoms with E-state index in [0.717, 1.165) is 20.2 Å². The van der Waals surface area contributed by atoms with Crippen molar-refractivity contribution in [3.8, 4) is 5.40 Å². The third-order valence-corrected chi connectivity index (χ3v) is 3.90. The Labute approximate surface area is 145 Å². The number of amides is 2. The highest BCUT2D eigenvalue weighted by Gasteiger charge is 2.13. The molecule has 0 aromatic heterocycles. The van der Waals surface area contributed by atoms with E-state index in [2.05, 4.69) is 33.2 Å². The summed E-state index contributed by atoms with van der Waals surface area (Å²) < 4.78 is 1.04. The monoisotopic (exact) mass is 423 g/mol. The van der Waals surface area contributed by atoms with E-state index in [0.29, 0.717) is 11.4 Å². The Hall–Kier alpha value is -2.05. The van der Waals surface area contributed by atoms with Crippen molar-refractivity contribution in [3.63, 3.8) is 0 Å². The maximum Gasteiger partial charge on any atom is 0.314 e. The zero-order chi connectivity index (χ0) is 15.9. The van der Waals surface area contributed by atoms with Gasteiger partial charge >= 0.3 is 11.8 Å². The van der Waals surface area contributed by atoms with Gasteiger partial charge in [-0.2, -0.15) is 5.26 Å². The zero-order valence-electron chi connectivity index (χ0n) is 11.2. The number of hydrogen-bond acceptors (Lipinski definition) is 4. The first-order valence-electron chi connectivity index (χ1n) is 6.12. The van der Waals surface area contributed by atoms with Crippen molar-refractivity contribution >= 4 is 57.5 Å². The van der Waals surface area contributed by atoms with E-state index in [9.17, 15) is 9.59 Å². The van der Waals surface area contributed by atoms with Gasteiger partial charge in [0.2, 0.25) is 0 Å². The molecule has 110 valence electrons. The number of benzene rings is 2. The van der Waals surface area contributed by atoms with Gasteiger partial charge in [0.1, 0.15) is 5.40 Å². The second-order valence-corrected chi connectivity index (χ2v) is 6.24. The smallest absolute Gasteiger partial charge is 0.314 e. The third kappa shape index (κ3) is 4.75. The van der Waals surface area contributed by atoms with E-state index in [4.69, 9.17) is 5.26 Å². The van der Waals surface area contributed by atoms with Crippen LogP contribution >= 0.6 is 34.4 Å². The lowest BCUT2D eigenvalue weighted by Gasteiger charge is -2.07. The number of thioether (sulfide) groups is 1. The topological polar surface area (TPSA) is 82.0 Å². The predicted octanol–water partition coefficient (Wildman–Crippen LogP) is 3.44. The van der Waals surface area contributed by atoms with Crippen LogP contribution in [-0.2, 0) is 9.59 Å². The summed E-state index contributed by atoms with van der Waals surface area (Å²) in [5.74, 6) is -1.49. The second-order valence-electron chi connectivity index (χ2n) is 4.13. The molecule has 0 atom stereocenters.